The van der Waals surface area contributed by atoms with Crippen LogP contribution in [0.15, 0.2) is 36.4 Å². The highest BCUT2D eigenvalue weighted by Crippen LogP contribution is 2.32. The van der Waals surface area contributed by atoms with Gasteiger partial charge in [0.1, 0.15) is 5.75 Å². The zero-order chi connectivity index (χ0) is 19.6. The number of anilines is 2. The molecule has 1 atom stereocenters. The van der Waals surface area contributed by atoms with Gasteiger partial charge in [-0.1, -0.05) is 23.2 Å². The zero-order valence-electron chi connectivity index (χ0n) is 14.1. The van der Waals surface area contributed by atoms with Crippen LogP contribution in [0.4, 0.5) is 11.4 Å². The highest BCUT2D eigenvalue weighted by atomic mass is 35.5. The van der Waals surface area contributed by atoms with E-state index in [0.29, 0.717) is 22.1 Å². The summed E-state index contributed by atoms with van der Waals surface area (Å²) in [4.78, 5) is 35.8. The van der Waals surface area contributed by atoms with Crippen molar-refractivity contribution in [2.75, 3.05) is 17.2 Å². The van der Waals surface area contributed by atoms with Crippen molar-refractivity contribution in [3.8, 4) is 5.75 Å². The fourth-order valence-electron chi connectivity index (χ4n) is 2.42. The van der Waals surface area contributed by atoms with Crippen LogP contribution in [0.25, 0.3) is 0 Å². The number of ether oxygens (including phenoxy) is 1. The van der Waals surface area contributed by atoms with Crippen LogP contribution in [0.3, 0.4) is 0 Å². The number of benzene rings is 2. The number of halogens is 2. The molecule has 0 saturated heterocycles. The lowest BCUT2D eigenvalue weighted by atomic mass is 10.2. The van der Waals surface area contributed by atoms with E-state index in [1.807, 2.05) is 0 Å². The van der Waals surface area contributed by atoms with E-state index in [1.54, 1.807) is 25.1 Å². The smallest absolute Gasteiger partial charge is 0.265 e. The van der Waals surface area contributed by atoms with Gasteiger partial charge >= 0.3 is 0 Å². The Morgan fingerprint density at radius 3 is 2.70 bits per heavy atom. The lowest BCUT2D eigenvalue weighted by molar-refractivity contribution is -0.122. The minimum Gasteiger partial charge on any atom is -0.479 e. The van der Waals surface area contributed by atoms with Gasteiger partial charge in [-0.15, -0.1) is 0 Å². The lowest BCUT2D eigenvalue weighted by Gasteiger charge is -2.23. The number of carbonyl (C=O) groups excluding carboxylic acids is 3. The Labute approximate surface area is 165 Å². The number of carbonyl (C=O) groups is 3. The molecule has 0 radical (unpaired) electrons. The predicted octanol–water partition coefficient (Wildman–Crippen LogP) is 3.08. The Kier molecular flexibility index (Phi) is 5.53. The van der Waals surface area contributed by atoms with Gasteiger partial charge in [-0.05, 0) is 43.3 Å². The summed E-state index contributed by atoms with van der Waals surface area (Å²) in [6.07, 6.45) is -0.576. The molecule has 0 fully saturated rings. The summed E-state index contributed by atoms with van der Waals surface area (Å²) < 4.78 is 5.45. The van der Waals surface area contributed by atoms with Gasteiger partial charge in [-0.3, -0.25) is 14.4 Å². The first kappa shape index (κ1) is 19.0. The van der Waals surface area contributed by atoms with Gasteiger partial charge in [0.2, 0.25) is 5.91 Å². The number of nitrogens with one attached hydrogen (secondary N) is 3. The standard InChI is InChI=1S/C18H15Cl2N3O4/c1-9-17(25)23-14-7-11(3-5-15(14)27-9)22-16(24)8-21-18(26)12-4-2-10(19)6-13(12)20/h2-7,9H,8H2,1H3,(H,21,26)(H,22,24)(H,23,25)/t9-/m0/s1. The predicted molar refractivity (Wildman–Crippen MR) is 103 cm³/mol. The number of amides is 3. The third-order valence-corrected chi connectivity index (χ3v) is 4.33. The third kappa shape index (κ3) is 4.50. The highest BCUT2D eigenvalue weighted by Gasteiger charge is 2.23. The molecule has 2 aromatic carbocycles. The Morgan fingerprint density at radius 2 is 1.96 bits per heavy atom. The van der Waals surface area contributed by atoms with Gasteiger partial charge < -0.3 is 20.7 Å². The Morgan fingerprint density at radius 1 is 1.19 bits per heavy atom. The van der Waals surface area contributed by atoms with E-state index >= 15 is 0 Å². The first-order valence-electron chi connectivity index (χ1n) is 7.98. The second-order valence-electron chi connectivity index (χ2n) is 5.82. The first-order chi connectivity index (χ1) is 12.8. The van der Waals surface area contributed by atoms with E-state index in [1.165, 1.54) is 18.2 Å². The van der Waals surface area contributed by atoms with Crippen LogP contribution in [-0.4, -0.2) is 30.4 Å². The number of fused-ring (bicyclic) bond motifs is 1. The van der Waals surface area contributed by atoms with Crippen LogP contribution >= 0.6 is 23.2 Å². The molecule has 1 heterocycles. The molecule has 2 aromatic rings. The molecule has 140 valence electrons. The summed E-state index contributed by atoms with van der Waals surface area (Å²) in [7, 11) is 0. The Hall–Kier alpha value is -2.77. The van der Waals surface area contributed by atoms with E-state index in [4.69, 9.17) is 27.9 Å². The monoisotopic (exact) mass is 407 g/mol. The summed E-state index contributed by atoms with van der Waals surface area (Å²) in [5.74, 6) is -0.680. The topological polar surface area (TPSA) is 96.5 Å². The largest absolute Gasteiger partial charge is 0.479 e. The van der Waals surface area contributed by atoms with Crippen molar-refractivity contribution in [2.45, 2.75) is 13.0 Å². The molecule has 3 rings (SSSR count). The molecule has 0 saturated carbocycles. The molecular formula is C18H15Cl2N3O4. The molecule has 1 aliphatic heterocycles. The Bertz CT molecular complexity index is 933. The molecule has 0 aromatic heterocycles. The van der Waals surface area contributed by atoms with Crippen molar-refractivity contribution in [1.29, 1.82) is 0 Å². The fourth-order valence-corrected chi connectivity index (χ4v) is 2.92. The molecular weight excluding hydrogens is 393 g/mol. The maximum Gasteiger partial charge on any atom is 0.265 e. The van der Waals surface area contributed by atoms with Crippen molar-refractivity contribution in [3.63, 3.8) is 0 Å². The van der Waals surface area contributed by atoms with Gasteiger partial charge in [-0.2, -0.15) is 0 Å². The maximum absolute atomic E-state index is 12.1. The van der Waals surface area contributed by atoms with Crippen LogP contribution in [0.2, 0.25) is 10.0 Å². The molecule has 9 heteroatoms. The molecule has 0 aliphatic carbocycles. The van der Waals surface area contributed by atoms with E-state index in [9.17, 15) is 14.4 Å². The second kappa shape index (κ2) is 7.85. The average molecular weight is 408 g/mol. The third-order valence-electron chi connectivity index (χ3n) is 3.78. The van der Waals surface area contributed by atoms with Gasteiger partial charge in [0.15, 0.2) is 6.10 Å². The molecule has 27 heavy (non-hydrogen) atoms. The average Bonchev–Trinajstić information content (AvgIpc) is 2.61. The first-order valence-corrected chi connectivity index (χ1v) is 8.74. The minimum atomic E-state index is -0.576. The van der Waals surface area contributed by atoms with Gasteiger partial charge in [-0.25, -0.2) is 0 Å². The zero-order valence-corrected chi connectivity index (χ0v) is 15.6. The highest BCUT2D eigenvalue weighted by molar-refractivity contribution is 6.36. The molecule has 7 nitrogen and oxygen atoms in total. The van der Waals surface area contributed by atoms with Crippen molar-refractivity contribution in [1.82, 2.24) is 5.32 Å². The van der Waals surface area contributed by atoms with Crippen molar-refractivity contribution in [2.24, 2.45) is 0 Å². The van der Waals surface area contributed by atoms with Crippen LogP contribution in [0.5, 0.6) is 5.75 Å². The van der Waals surface area contributed by atoms with E-state index < -0.39 is 17.9 Å². The molecule has 0 spiro atoms. The SMILES string of the molecule is C[C@@H]1Oc2ccc(NC(=O)CNC(=O)c3ccc(Cl)cc3Cl)cc2NC1=O. The minimum absolute atomic E-state index is 0.195. The van der Waals surface area contributed by atoms with Gasteiger partial charge in [0, 0.05) is 10.7 Å². The number of hydrogen-bond donors (Lipinski definition) is 3. The summed E-state index contributed by atoms with van der Waals surface area (Å²) in [6, 6.07) is 9.32. The molecule has 3 N–H and O–H groups in total. The van der Waals surface area contributed by atoms with Crippen LogP contribution in [0, 0.1) is 0 Å². The molecule has 1 aliphatic rings. The quantitative estimate of drug-likeness (QED) is 0.725. The van der Waals surface area contributed by atoms with Crippen molar-refractivity contribution >= 4 is 52.3 Å². The number of rotatable bonds is 4. The Balaban J connectivity index is 1.59. The van der Waals surface area contributed by atoms with Gasteiger partial charge in [0.25, 0.3) is 11.8 Å². The number of hydrogen-bond acceptors (Lipinski definition) is 4. The summed E-state index contributed by atoms with van der Waals surface area (Å²) in [5, 5.41) is 8.41. The van der Waals surface area contributed by atoms with Gasteiger partial charge in [0.05, 0.1) is 22.8 Å². The van der Waals surface area contributed by atoms with E-state index in [2.05, 4.69) is 16.0 Å². The van der Waals surface area contributed by atoms with Crippen LogP contribution in [0.1, 0.15) is 17.3 Å². The molecule has 0 unspecified atom stereocenters. The van der Waals surface area contributed by atoms with Crippen molar-refractivity contribution in [3.05, 3.63) is 52.0 Å². The van der Waals surface area contributed by atoms with E-state index in [-0.39, 0.29) is 23.0 Å². The fraction of sp³-hybridized carbons (Fsp3) is 0.167. The van der Waals surface area contributed by atoms with Crippen LogP contribution in [-0.2, 0) is 9.59 Å². The summed E-state index contributed by atoms with van der Waals surface area (Å²) in [5.41, 5.74) is 1.14. The second-order valence-corrected chi connectivity index (χ2v) is 6.66. The van der Waals surface area contributed by atoms with Crippen LogP contribution < -0.4 is 20.7 Å². The molecule has 0 bridgehead atoms. The van der Waals surface area contributed by atoms with E-state index in [0.717, 1.165) is 0 Å². The summed E-state index contributed by atoms with van der Waals surface area (Å²) >= 11 is 11.8. The van der Waals surface area contributed by atoms with Crippen molar-refractivity contribution < 1.29 is 19.1 Å². The molecule has 3 amide bonds. The maximum atomic E-state index is 12.1. The summed E-state index contributed by atoms with van der Waals surface area (Å²) in [6.45, 7) is 1.39. The normalized spacial score (nSPS) is 15.2. The lowest BCUT2D eigenvalue weighted by Crippen LogP contribution is -2.34.